The Labute approximate surface area is 72.2 Å². The van der Waals surface area contributed by atoms with Crippen LogP contribution in [0.5, 0.6) is 0 Å². The molecule has 0 atom stereocenters. The maximum absolute atomic E-state index is 2.42. The third-order valence-electron chi connectivity index (χ3n) is 3.10. The summed E-state index contributed by atoms with van der Waals surface area (Å²) in [7, 11) is 2.42. The van der Waals surface area contributed by atoms with E-state index in [1.165, 1.54) is 38.5 Å². The second kappa shape index (κ2) is 3.64. The lowest BCUT2D eigenvalue weighted by atomic mass is 9.63. The van der Waals surface area contributed by atoms with Gasteiger partial charge in [0.1, 0.15) is 7.85 Å². The van der Waals surface area contributed by atoms with Gasteiger partial charge in [-0.25, -0.2) is 0 Å². The first-order valence-corrected chi connectivity index (χ1v) is 5.10. The Bertz CT molecular complexity index is 106. The number of hydrogen-bond donors (Lipinski definition) is 0. The Balaban J connectivity index is 2.35. The topological polar surface area (TPSA) is 0 Å². The van der Waals surface area contributed by atoms with Crippen molar-refractivity contribution in [1.29, 1.82) is 0 Å². The molecule has 1 heteroatoms. The summed E-state index contributed by atoms with van der Waals surface area (Å²) >= 11 is 0. The van der Waals surface area contributed by atoms with Crippen molar-refractivity contribution < 1.29 is 0 Å². The zero-order valence-corrected chi connectivity index (χ0v) is 8.32. The second-order valence-corrected chi connectivity index (χ2v) is 5.05. The van der Waals surface area contributed by atoms with Crippen LogP contribution in [-0.2, 0) is 0 Å². The Morgan fingerprint density at radius 3 is 2.09 bits per heavy atom. The smallest absolute Gasteiger partial charge is 0.0669 e. The van der Waals surface area contributed by atoms with Crippen LogP contribution < -0.4 is 0 Å². The first-order chi connectivity index (χ1) is 5.10. The minimum absolute atomic E-state index is 0.639. The highest BCUT2D eigenvalue weighted by atomic mass is 14.2. The summed E-state index contributed by atoms with van der Waals surface area (Å²) in [5.74, 6) is 0.992. The molecule has 0 radical (unpaired) electrons. The van der Waals surface area contributed by atoms with Crippen molar-refractivity contribution in [1.82, 2.24) is 0 Å². The van der Waals surface area contributed by atoms with Crippen LogP contribution in [0.15, 0.2) is 0 Å². The SMILES string of the molecule is BC1(C)CCCC(C)CCC1. The van der Waals surface area contributed by atoms with E-state index in [4.69, 9.17) is 0 Å². The van der Waals surface area contributed by atoms with Crippen molar-refractivity contribution in [2.45, 2.75) is 57.7 Å². The van der Waals surface area contributed by atoms with E-state index in [0.29, 0.717) is 5.31 Å². The van der Waals surface area contributed by atoms with Gasteiger partial charge < -0.3 is 0 Å². The molecule has 0 aromatic carbocycles. The standard InChI is InChI=1S/C10H21B/c1-9-5-3-7-10(2,11)8-4-6-9/h9H,3-8,11H2,1-2H3. The van der Waals surface area contributed by atoms with Gasteiger partial charge in [0, 0.05) is 0 Å². The lowest BCUT2D eigenvalue weighted by Crippen LogP contribution is -2.12. The summed E-state index contributed by atoms with van der Waals surface area (Å²) in [5.41, 5.74) is 0. The molecule has 1 fully saturated rings. The van der Waals surface area contributed by atoms with E-state index in [0.717, 1.165) is 5.92 Å². The molecule has 0 spiro atoms. The van der Waals surface area contributed by atoms with E-state index in [-0.39, 0.29) is 0 Å². The summed E-state index contributed by atoms with van der Waals surface area (Å²) in [4.78, 5) is 0. The second-order valence-electron chi connectivity index (χ2n) is 5.05. The van der Waals surface area contributed by atoms with Crippen molar-refractivity contribution in [2.24, 2.45) is 5.92 Å². The molecule has 0 heterocycles. The van der Waals surface area contributed by atoms with E-state index in [1.807, 2.05) is 0 Å². The minimum Gasteiger partial charge on any atom is -0.0669 e. The predicted octanol–water partition coefficient (Wildman–Crippen LogP) is 2.79. The highest BCUT2D eigenvalue weighted by Gasteiger charge is 2.20. The largest absolute Gasteiger partial charge is 0.109 e. The molecular formula is C10H21B. The van der Waals surface area contributed by atoms with Gasteiger partial charge in [0.15, 0.2) is 0 Å². The fourth-order valence-electron chi connectivity index (χ4n) is 2.13. The van der Waals surface area contributed by atoms with Gasteiger partial charge in [-0.1, -0.05) is 57.7 Å². The van der Waals surface area contributed by atoms with Gasteiger partial charge in [-0.3, -0.25) is 0 Å². The van der Waals surface area contributed by atoms with Crippen LogP contribution in [0.2, 0.25) is 5.31 Å². The molecule has 1 aliphatic carbocycles. The van der Waals surface area contributed by atoms with Crippen LogP contribution in [0, 0.1) is 5.92 Å². The maximum Gasteiger partial charge on any atom is 0.109 e. The number of hydrogen-bond acceptors (Lipinski definition) is 0. The Kier molecular flexibility index (Phi) is 3.03. The minimum atomic E-state index is 0.639. The Morgan fingerprint density at radius 2 is 1.64 bits per heavy atom. The van der Waals surface area contributed by atoms with Crippen LogP contribution in [0.1, 0.15) is 52.4 Å². The fraction of sp³-hybridized carbons (Fsp3) is 1.00. The fourth-order valence-corrected chi connectivity index (χ4v) is 2.13. The molecule has 0 amide bonds. The average Bonchev–Trinajstić information content (AvgIpc) is 1.83. The molecule has 0 saturated heterocycles. The van der Waals surface area contributed by atoms with Gasteiger partial charge in [0.05, 0.1) is 0 Å². The molecule has 11 heavy (non-hydrogen) atoms. The summed E-state index contributed by atoms with van der Waals surface area (Å²) in [6.45, 7) is 4.82. The van der Waals surface area contributed by atoms with E-state index in [9.17, 15) is 0 Å². The predicted molar refractivity (Wildman–Crippen MR) is 53.8 cm³/mol. The quantitative estimate of drug-likeness (QED) is 0.468. The molecule has 0 nitrogen and oxygen atoms in total. The number of rotatable bonds is 0. The van der Waals surface area contributed by atoms with Gasteiger partial charge in [0.2, 0.25) is 0 Å². The van der Waals surface area contributed by atoms with E-state index < -0.39 is 0 Å². The van der Waals surface area contributed by atoms with Crippen LogP contribution >= 0.6 is 0 Å². The van der Waals surface area contributed by atoms with Gasteiger partial charge in [-0.2, -0.15) is 0 Å². The molecule has 0 N–H and O–H groups in total. The van der Waals surface area contributed by atoms with E-state index in [2.05, 4.69) is 21.7 Å². The van der Waals surface area contributed by atoms with Crippen molar-refractivity contribution in [3.05, 3.63) is 0 Å². The molecule has 64 valence electrons. The summed E-state index contributed by atoms with van der Waals surface area (Å²) < 4.78 is 0. The third-order valence-corrected chi connectivity index (χ3v) is 3.10. The van der Waals surface area contributed by atoms with Crippen molar-refractivity contribution >= 4 is 7.85 Å². The highest BCUT2D eigenvalue weighted by Crippen LogP contribution is 2.37. The lowest BCUT2D eigenvalue weighted by molar-refractivity contribution is 0.358. The van der Waals surface area contributed by atoms with Crippen molar-refractivity contribution in [3.63, 3.8) is 0 Å². The average molecular weight is 152 g/mol. The summed E-state index contributed by atoms with van der Waals surface area (Å²) in [6, 6.07) is 0. The van der Waals surface area contributed by atoms with Crippen molar-refractivity contribution in [2.75, 3.05) is 0 Å². The third kappa shape index (κ3) is 3.31. The molecular weight excluding hydrogens is 131 g/mol. The first-order valence-electron chi connectivity index (χ1n) is 5.10. The molecule has 0 aromatic rings. The molecule has 0 unspecified atom stereocenters. The van der Waals surface area contributed by atoms with E-state index in [1.54, 1.807) is 0 Å². The van der Waals surface area contributed by atoms with Gasteiger partial charge in [0.25, 0.3) is 0 Å². The van der Waals surface area contributed by atoms with Crippen LogP contribution in [0.25, 0.3) is 0 Å². The van der Waals surface area contributed by atoms with Crippen LogP contribution in [0.3, 0.4) is 0 Å². The normalized spacial score (nSPS) is 41.1. The highest BCUT2D eigenvalue weighted by molar-refractivity contribution is 6.14. The Morgan fingerprint density at radius 1 is 1.18 bits per heavy atom. The van der Waals surface area contributed by atoms with Crippen LogP contribution in [0.4, 0.5) is 0 Å². The molecule has 0 aromatic heterocycles. The van der Waals surface area contributed by atoms with Gasteiger partial charge in [-0.15, -0.1) is 0 Å². The Hall–Kier alpha value is 0.0649. The zero-order valence-electron chi connectivity index (χ0n) is 8.32. The lowest BCUT2D eigenvalue weighted by Gasteiger charge is -2.28. The molecule has 0 aliphatic heterocycles. The summed E-state index contributed by atoms with van der Waals surface area (Å²) in [6.07, 6.45) is 8.71. The molecule has 1 saturated carbocycles. The van der Waals surface area contributed by atoms with E-state index >= 15 is 0 Å². The molecule has 0 bridgehead atoms. The van der Waals surface area contributed by atoms with Gasteiger partial charge >= 0.3 is 0 Å². The summed E-state index contributed by atoms with van der Waals surface area (Å²) in [5, 5.41) is 0.639. The maximum atomic E-state index is 2.42. The van der Waals surface area contributed by atoms with Crippen LogP contribution in [-0.4, -0.2) is 7.85 Å². The molecule has 1 aliphatic rings. The zero-order chi connectivity index (χ0) is 8.32. The first kappa shape index (κ1) is 9.16. The van der Waals surface area contributed by atoms with Crippen molar-refractivity contribution in [3.8, 4) is 0 Å². The monoisotopic (exact) mass is 152 g/mol. The molecule has 1 rings (SSSR count). The van der Waals surface area contributed by atoms with Gasteiger partial charge in [-0.05, 0) is 5.92 Å².